The van der Waals surface area contributed by atoms with Crippen LogP contribution in [0.5, 0.6) is 5.75 Å². The molecule has 13 heavy (non-hydrogen) atoms. The molecule has 0 fully saturated rings. The number of hydrogen-bond acceptors (Lipinski definition) is 1. The third-order valence-corrected chi connectivity index (χ3v) is 2.69. The molecular formula is C11H15IO. The highest BCUT2D eigenvalue weighted by atomic mass is 127. The van der Waals surface area contributed by atoms with E-state index in [1.54, 1.807) is 0 Å². The Morgan fingerprint density at radius 2 is 2.08 bits per heavy atom. The molecular weight excluding hydrogens is 275 g/mol. The molecule has 0 amide bonds. The van der Waals surface area contributed by atoms with Crippen LogP contribution in [-0.2, 0) is 4.43 Å². The first kappa shape index (κ1) is 10.8. The molecule has 1 rings (SSSR count). The van der Waals surface area contributed by atoms with E-state index in [1.807, 2.05) is 12.1 Å². The number of ether oxygens (including phenoxy) is 1. The van der Waals surface area contributed by atoms with Gasteiger partial charge in [-0.3, -0.25) is 0 Å². The van der Waals surface area contributed by atoms with Crippen LogP contribution in [0.1, 0.15) is 25.3 Å². The van der Waals surface area contributed by atoms with Gasteiger partial charge in [-0.15, -0.1) is 0 Å². The van der Waals surface area contributed by atoms with E-state index < -0.39 is 0 Å². The molecule has 72 valence electrons. The van der Waals surface area contributed by atoms with Gasteiger partial charge < -0.3 is 4.74 Å². The van der Waals surface area contributed by atoms with Gasteiger partial charge in [0, 0.05) is 9.99 Å². The Kier molecular flexibility index (Phi) is 5.20. The van der Waals surface area contributed by atoms with Gasteiger partial charge in [-0.05, 0) is 12.5 Å². The topological polar surface area (TPSA) is 9.23 Å². The fraction of sp³-hybridized carbons (Fsp3) is 0.455. The summed E-state index contributed by atoms with van der Waals surface area (Å²) in [4.78, 5) is 0. The standard InChI is InChI=1S/C11H15IO/c1-2-3-8-13-11-7-5-4-6-10(11)9-12/h4-7H,2-3,8-9H2,1H3. The van der Waals surface area contributed by atoms with Gasteiger partial charge in [-0.25, -0.2) is 0 Å². The van der Waals surface area contributed by atoms with E-state index in [0.29, 0.717) is 0 Å². The minimum absolute atomic E-state index is 0.837. The van der Waals surface area contributed by atoms with E-state index in [2.05, 4.69) is 41.6 Å². The number of unbranched alkanes of at least 4 members (excludes halogenated alkanes) is 1. The van der Waals surface area contributed by atoms with E-state index >= 15 is 0 Å². The molecule has 1 aromatic carbocycles. The number of benzene rings is 1. The Labute approximate surface area is 93.6 Å². The highest BCUT2D eigenvalue weighted by molar-refractivity contribution is 14.1. The lowest BCUT2D eigenvalue weighted by Gasteiger charge is -2.08. The van der Waals surface area contributed by atoms with Gasteiger partial charge in [0.15, 0.2) is 0 Å². The fourth-order valence-corrected chi connectivity index (χ4v) is 1.71. The van der Waals surface area contributed by atoms with Crippen LogP contribution in [0.25, 0.3) is 0 Å². The minimum Gasteiger partial charge on any atom is -0.493 e. The Balaban J connectivity index is 2.54. The van der Waals surface area contributed by atoms with E-state index in [4.69, 9.17) is 4.74 Å². The van der Waals surface area contributed by atoms with Crippen LogP contribution in [-0.4, -0.2) is 6.61 Å². The van der Waals surface area contributed by atoms with E-state index in [0.717, 1.165) is 23.2 Å². The first-order valence-corrected chi connectivity index (χ1v) is 6.17. The quantitative estimate of drug-likeness (QED) is 0.455. The molecule has 1 nitrogen and oxygen atoms in total. The summed E-state index contributed by atoms with van der Waals surface area (Å²) in [5.74, 6) is 1.05. The molecule has 0 aliphatic carbocycles. The SMILES string of the molecule is CCCCOc1ccccc1CI. The summed E-state index contributed by atoms with van der Waals surface area (Å²) in [5, 5.41) is 0. The largest absolute Gasteiger partial charge is 0.493 e. The van der Waals surface area contributed by atoms with Crippen LogP contribution in [0.2, 0.25) is 0 Å². The summed E-state index contributed by atoms with van der Waals surface area (Å²) < 4.78 is 6.68. The molecule has 0 bridgehead atoms. The minimum atomic E-state index is 0.837. The van der Waals surface area contributed by atoms with Gasteiger partial charge in [0.25, 0.3) is 0 Å². The maximum absolute atomic E-state index is 5.66. The lowest BCUT2D eigenvalue weighted by atomic mass is 10.2. The maximum Gasteiger partial charge on any atom is 0.123 e. The van der Waals surface area contributed by atoms with E-state index in [9.17, 15) is 0 Å². The molecule has 0 saturated heterocycles. The molecule has 0 atom stereocenters. The van der Waals surface area contributed by atoms with Crippen LogP contribution in [0.15, 0.2) is 24.3 Å². The number of halogens is 1. The predicted octanol–water partition coefficient (Wildman–Crippen LogP) is 3.80. The smallest absolute Gasteiger partial charge is 0.123 e. The van der Waals surface area contributed by atoms with Crippen molar-refractivity contribution in [3.8, 4) is 5.75 Å². The van der Waals surface area contributed by atoms with Gasteiger partial charge in [-0.1, -0.05) is 54.1 Å². The van der Waals surface area contributed by atoms with Crippen molar-refractivity contribution in [3.05, 3.63) is 29.8 Å². The van der Waals surface area contributed by atoms with Crippen LogP contribution in [0.4, 0.5) is 0 Å². The monoisotopic (exact) mass is 290 g/mol. The van der Waals surface area contributed by atoms with Crippen LogP contribution in [0, 0.1) is 0 Å². The van der Waals surface area contributed by atoms with Crippen LogP contribution in [0.3, 0.4) is 0 Å². The molecule has 2 heteroatoms. The van der Waals surface area contributed by atoms with Crippen molar-refractivity contribution in [1.82, 2.24) is 0 Å². The molecule has 0 heterocycles. The summed E-state index contributed by atoms with van der Waals surface area (Å²) in [6, 6.07) is 8.25. The lowest BCUT2D eigenvalue weighted by molar-refractivity contribution is 0.307. The Hall–Kier alpha value is -0.250. The number of para-hydroxylation sites is 1. The second-order valence-electron chi connectivity index (χ2n) is 2.94. The second-order valence-corrected chi connectivity index (χ2v) is 3.71. The third-order valence-electron chi connectivity index (χ3n) is 1.87. The second kappa shape index (κ2) is 6.24. The summed E-state index contributed by atoms with van der Waals surface area (Å²) in [6.45, 7) is 3.01. The van der Waals surface area contributed by atoms with Gasteiger partial charge in [0.2, 0.25) is 0 Å². The number of rotatable bonds is 5. The van der Waals surface area contributed by atoms with Gasteiger partial charge in [-0.2, -0.15) is 0 Å². The molecule has 0 unspecified atom stereocenters. The van der Waals surface area contributed by atoms with Crippen LogP contribution < -0.4 is 4.74 Å². The highest BCUT2D eigenvalue weighted by Crippen LogP contribution is 2.20. The molecule has 0 saturated carbocycles. The molecule has 1 aromatic rings. The molecule has 0 radical (unpaired) electrons. The highest BCUT2D eigenvalue weighted by Gasteiger charge is 1.99. The maximum atomic E-state index is 5.66. The fourth-order valence-electron chi connectivity index (χ4n) is 1.08. The first-order valence-electron chi connectivity index (χ1n) is 4.65. The van der Waals surface area contributed by atoms with Crippen molar-refractivity contribution < 1.29 is 4.74 Å². The van der Waals surface area contributed by atoms with E-state index in [1.165, 1.54) is 12.0 Å². The average molecular weight is 290 g/mol. The Bertz CT molecular complexity index is 248. The van der Waals surface area contributed by atoms with Crippen molar-refractivity contribution in [2.24, 2.45) is 0 Å². The van der Waals surface area contributed by atoms with E-state index in [-0.39, 0.29) is 0 Å². The van der Waals surface area contributed by atoms with Gasteiger partial charge >= 0.3 is 0 Å². The normalized spacial score (nSPS) is 10.0. The molecule has 0 spiro atoms. The molecule has 0 aliphatic rings. The molecule has 0 aromatic heterocycles. The summed E-state index contributed by atoms with van der Waals surface area (Å²) >= 11 is 2.36. The van der Waals surface area contributed by atoms with Gasteiger partial charge in [0.1, 0.15) is 5.75 Å². The average Bonchev–Trinajstić information content (AvgIpc) is 2.19. The molecule has 0 N–H and O–H groups in total. The first-order chi connectivity index (χ1) is 6.38. The number of alkyl halides is 1. The summed E-state index contributed by atoms with van der Waals surface area (Å²) in [5.41, 5.74) is 1.29. The van der Waals surface area contributed by atoms with Crippen molar-refractivity contribution >= 4 is 22.6 Å². The van der Waals surface area contributed by atoms with Crippen LogP contribution >= 0.6 is 22.6 Å². The van der Waals surface area contributed by atoms with Crippen molar-refractivity contribution in [1.29, 1.82) is 0 Å². The zero-order chi connectivity index (χ0) is 9.52. The molecule has 0 aliphatic heterocycles. The van der Waals surface area contributed by atoms with Gasteiger partial charge in [0.05, 0.1) is 6.61 Å². The number of hydrogen-bond donors (Lipinski definition) is 0. The van der Waals surface area contributed by atoms with Crippen molar-refractivity contribution in [2.75, 3.05) is 6.61 Å². The van der Waals surface area contributed by atoms with Crippen molar-refractivity contribution in [3.63, 3.8) is 0 Å². The summed E-state index contributed by atoms with van der Waals surface area (Å²) in [6.07, 6.45) is 2.32. The summed E-state index contributed by atoms with van der Waals surface area (Å²) in [7, 11) is 0. The predicted molar refractivity (Wildman–Crippen MR) is 64.6 cm³/mol. The Morgan fingerprint density at radius 1 is 1.31 bits per heavy atom. The lowest BCUT2D eigenvalue weighted by Crippen LogP contribution is -1.98. The zero-order valence-corrected chi connectivity index (χ0v) is 10.1. The zero-order valence-electron chi connectivity index (χ0n) is 7.92. The van der Waals surface area contributed by atoms with Crippen molar-refractivity contribution in [2.45, 2.75) is 24.2 Å². The third kappa shape index (κ3) is 3.55. The Morgan fingerprint density at radius 3 is 2.77 bits per heavy atom.